The molecule has 0 saturated heterocycles. The number of aryl methyl sites for hydroxylation is 1. The van der Waals surface area contributed by atoms with E-state index in [1.807, 2.05) is 25.4 Å². The van der Waals surface area contributed by atoms with Crippen LogP contribution < -0.4 is 4.74 Å². The molecule has 0 amide bonds. The van der Waals surface area contributed by atoms with Crippen molar-refractivity contribution in [3.8, 4) is 22.9 Å². The number of aromatic nitrogens is 2. The van der Waals surface area contributed by atoms with Crippen molar-refractivity contribution in [2.45, 2.75) is 19.8 Å². The third-order valence-electron chi connectivity index (χ3n) is 3.04. The van der Waals surface area contributed by atoms with E-state index in [2.05, 4.69) is 25.0 Å². The molecule has 1 aromatic carbocycles. The Morgan fingerprint density at radius 2 is 2.05 bits per heavy atom. The van der Waals surface area contributed by atoms with E-state index >= 15 is 0 Å². The molecule has 0 radical (unpaired) electrons. The van der Waals surface area contributed by atoms with Crippen molar-refractivity contribution in [3.63, 3.8) is 0 Å². The quantitative estimate of drug-likeness (QED) is 0.846. The third kappa shape index (κ3) is 2.45. The number of rotatable bonds is 3. The Balaban J connectivity index is 2.62. The standard InChI is InChI=1S/C15H17N3O/c1-10(2)15-14(9-18(3)17-15)13-6-5-12(19-4)7-11(13)8-16/h5-7,9-10H,1-4H3. The Hall–Kier alpha value is -2.28. The summed E-state index contributed by atoms with van der Waals surface area (Å²) < 4.78 is 6.95. The minimum atomic E-state index is 0.310. The lowest BCUT2D eigenvalue weighted by atomic mass is 9.96. The van der Waals surface area contributed by atoms with E-state index in [1.54, 1.807) is 17.9 Å². The molecular formula is C15H17N3O. The number of benzene rings is 1. The van der Waals surface area contributed by atoms with Crippen molar-refractivity contribution in [3.05, 3.63) is 35.7 Å². The summed E-state index contributed by atoms with van der Waals surface area (Å²) in [6, 6.07) is 7.77. The number of nitrogens with zero attached hydrogens (tertiary/aromatic N) is 3. The van der Waals surface area contributed by atoms with Crippen molar-refractivity contribution >= 4 is 0 Å². The molecule has 0 saturated carbocycles. The Morgan fingerprint density at radius 3 is 2.63 bits per heavy atom. The molecule has 0 aliphatic heterocycles. The number of hydrogen-bond donors (Lipinski definition) is 0. The van der Waals surface area contributed by atoms with E-state index in [9.17, 15) is 5.26 Å². The highest BCUT2D eigenvalue weighted by Crippen LogP contribution is 2.32. The Bertz CT molecular complexity index is 635. The Morgan fingerprint density at radius 1 is 1.32 bits per heavy atom. The zero-order valence-corrected chi connectivity index (χ0v) is 11.6. The van der Waals surface area contributed by atoms with Crippen LogP contribution in [0.3, 0.4) is 0 Å². The second-order valence-corrected chi connectivity index (χ2v) is 4.78. The lowest BCUT2D eigenvalue weighted by molar-refractivity contribution is 0.414. The third-order valence-corrected chi connectivity index (χ3v) is 3.04. The molecule has 0 atom stereocenters. The van der Waals surface area contributed by atoms with Gasteiger partial charge in [0.1, 0.15) is 5.75 Å². The normalized spacial score (nSPS) is 10.5. The van der Waals surface area contributed by atoms with E-state index < -0.39 is 0 Å². The van der Waals surface area contributed by atoms with Gasteiger partial charge in [-0.3, -0.25) is 4.68 Å². The summed E-state index contributed by atoms with van der Waals surface area (Å²) >= 11 is 0. The first-order valence-corrected chi connectivity index (χ1v) is 6.19. The molecule has 0 fully saturated rings. The first-order chi connectivity index (χ1) is 9.06. The van der Waals surface area contributed by atoms with Gasteiger partial charge in [0.2, 0.25) is 0 Å². The zero-order chi connectivity index (χ0) is 14.0. The lowest BCUT2D eigenvalue weighted by Crippen LogP contribution is -1.94. The first kappa shape index (κ1) is 13.2. The topological polar surface area (TPSA) is 50.8 Å². The highest BCUT2D eigenvalue weighted by atomic mass is 16.5. The van der Waals surface area contributed by atoms with E-state index in [1.165, 1.54) is 0 Å². The van der Waals surface area contributed by atoms with Gasteiger partial charge in [-0.25, -0.2) is 0 Å². The second-order valence-electron chi connectivity index (χ2n) is 4.78. The van der Waals surface area contributed by atoms with Gasteiger partial charge < -0.3 is 4.74 Å². The Labute approximate surface area is 113 Å². The minimum Gasteiger partial charge on any atom is -0.497 e. The van der Waals surface area contributed by atoms with Crippen LogP contribution in [0.4, 0.5) is 0 Å². The van der Waals surface area contributed by atoms with E-state index in [4.69, 9.17) is 4.74 Å². The maximum atomic E-state index is 9.30. The van der Waals surface area contributed by atoms with Crippen LogP contribution in [0.25, 0.3) is 11.1 Å². The highest BCUT2D eigenvalue weighted by molar-refractivity contribution is 5.73. The van der Waals surface area contributed by atoms with Gasteiger partial charge in [-0.05, 0) is 24.1 Å². The largest absolute Gasteiger partial charge is 0.497 e. The Kier molecular flexibility index (Phi) is 3.57. The summed E-state index contributed by atoms with van der Waals surface area (Å²) in [5.74, 6) is 1.00. The van der Waals surface area contributed by atoms with E-state index in [0.29, 0.717) is 17.2 Å². The lowest BCUT2D eigenvalue weighted by Gasteiger charge is -2.08. The highest BCUT2D eigenvalue weighted by Gasteiger charge is 2.16. The molecular weight excluding hydrogens is 238 g/mol. The summed E-state index contributed by atoms with van der Waals surface area (Å²) in [5.41, 5.74) is 3.52. The van der Waals surface area contributed by atoms with Crippen molar-refractivity contribution in [2.75, 3.05) is 7.11 Å². The molecule has 0 aliphatic carbocycles. The van der Waals surface area contributed by atoms with Gasteiger partial charge in [0.25, 0.3) is 0 Å². The molecule has 1 aromatic heterocycles. The minimum absolute atomic E-state index is 0.310. The SMILES string of the molecule is COc1ccc(-c2cn(C)nc2C(C)C)c(C#N)c1. The second kappa shape index (κ2) is 5.15. The van der Waals surface area contributed by atoms with Gasteiger partial charge in [-0.1, -0.05) is 13.8 Å². The van der Waals surface area contributed by atoms with Crippen LogP contribution in [0.15, 0.2) is 24.4 Å². The molecule has 0 spiro atoms. The predicted octanol–water partition coefficient (Wildman–Crippen LogP) is 3.09. The fourth-order valence-corrected chi connectivity index (χ4v) is 2.12. The van der Waals surface area contributed by atoms with Crippen molar-refractivity contribution in [2.24, 2.45) is 7.05 Å². The molecule has 4 heteroatoms. The van der Waals surface area contributed by atoms with Crippen LogP contribution in [0, 0.1) is 11.3 Å². The van der Waals surface area contributed by atoms with Gasteiger partial charge in [0.15, 0.2) is 0 Å². The van der Waals surface area contributed by atoms with Crippen molar-refractivity contribution < 1.29 is 4.74 Å². The summed E-state index contributed by atoms with van der Waals surface area (Å²) in [6.45, 7) is 4.20. The van der Waals surface area contributed by atoms with Crippen LogP contribution in [0.1, 0.15) is 31.0 Å². The number of hydrogen-bond acceptors (Lipinski definition) is 3. The average molecular weight is 255 g/mol. The van der Waals surface area contributed by atoms with Gasteiger partial charge in [0, 0.05) is 24.4 Å². The maximum absolute atomic E-state index is 9.30. The van der Waals surface area contributed by atoms with Gasteiger partial charge in [-0.15, -0.1) is 0 Å². The van der Waals surface area contributed by atoms with Crippen LogP contribution >= 0.6 is 0 Å². The molecule has 2 rings (SSSR count). The average Bonchev–Trinajstić information content (AvgIpc) is 2.80. The van der Waals surface area contributed by atoms with Crippen molar-refractivity contribution in [1.29, 1.82) is 5.26 Å². The molecule has 4 nitrogen and oxygen atoms in total. The fourth-order valence-electron chi connectivity index (χ4n) is 2.12. The summed E-state index contributed by atoms with van der Waals surface area (Å²) in [7, 11) is 3.49. The van der Waals surface area contributed by atoms with Crippen LogP contribution in [0.2, 0.25) is 0 Å². The van der Waals surface area contributed by atoms with Crippen LogP contribution in [-0.2, 0) is 7.05 Å². The van der Waals surface area contributed by atoms with Gasteiger partial charge >= 0.3 is 0 Å². The number of methoxy groups -OCH3 is 1. The number of nitriles is 1. The molecule has 0 N–H and O–H groups in total. The molecule has 0 aliphatic rings. The molecule has 0 unspecified atom stereocenters. The summed E-state index contributed by atoms with van der Waals surface area (Å²) in [6.07, 6.45) is 1.96. The number of ether oxygens (including phenoxy) is 1. The summed E-state index contributed by atoms with van der Waals surface area (Å²) in [5, 5.41) is 13.8. The fraction of sp³-hybridized carbons (Fsp3) is 0.333. The van der Waals surface area contributed by atoms with Crippen molar-refractivity contribution in [1.82, 2.24) is 9.78 Å². The zero-order valence-electron chi connectivity index (χ0n) is 11.6. The molecule has 0 bridgehead atoms. The predicted molar refractivity (Wildman–Crippen MR) is 74.0 cm³/mol. The van der Waals surface area contributed by atoms with Gasteiger partial charge in [-0.2, -0.15) is 10.4 Å². The molecule has 2 aromatic rings. The first-order valence-electron chi connectivity index (χ1n) is 6.19. The smallest absolute Gasteiger partial charge is 0.120 e. The van der Waals surface area contributed by atoms with Crippen LogP contribution in [-0.4, -0.2) is 16.9 Å². The molecule has 19 heavy (non-hydrogen) atoms. The summed E-state index contributed by atoms with van der Waals surface area (Å²) in [4.78, 5) is 0. The van der Waals surface area contributed by atoms with E-state index in [0.717, 1.165) is 16.8 Å². The molecule has 98 valence electrons. The monoisotopic (exact) mass is 255 g/mol. The maximum Gasteiger partial charge on any atom is 0.120 e. The molecule has 1 heterocycles. The van der Waals surface area contributed by atoms with Gasteiger partial charge in [0.05, 0.1) is 24.4 Å². The van der Waals surface area contributed by atoms with E-state index in [-0.39, 0.29) is 0 Å². The van der Waals surface area contributed by atoms with Crippen LogP contribution in [0.5, 0.6) is 5.75 Å².